The third-order valence-corrected chi connectivity index (χ3v) is 4.61. The van der Waals surface area contributed by atoms with E-state index in [1.807, 2.05) is 18.7 Å². The maximum Gasteiger partial charge on any atom is 0.241 e. The van der Waals surface area contributed by atoms with Gasteiger partial charge in [-0.1, -0.05) is 34.1 Å². The lowest BCUT2D eigenvalue weighted by molar-refractivity contribution is -0.135. The Balaban J connectivity index is 2.36. The second kappa shape index (κ2) is 7.07. The maximum atomic E-state index is 12.1. The van der Waals surface area contributed by atoms with Crippen molar-refractivity contribution in [3.63, 3.8) is 0 Å². The summed E-state index contributed by atoms with van der Waals surface area (Å²) in [7, 11) is 0. The van der Waals surface area contributed by atoms with Crippen molar-refractivity contribution in [1.82, 2.24) is 10.2 Å². The monoisotopic (exact) mass is 283 g/mol. The first-order chi connectivity index (χ1) is 9.29. The fraction of sp³-hybridized carbons (Fsp3) is 0.867. The molecule has 1 rings (SSSR count). The molecule has 3 N–H and O–H groups in total. The number of amides is 2. The van der Waals surface area contributed by atoms with Crippen LogP contribution in [0, 0.1) is 11.3 Å². The van der Waals surface area contributed by atoms with Gasteiger partial charge in [0, 0.05) is 13.1 Å². The maximum absolute atomic E-state index is 12.1. The molecule has 0 aromatic heterocycles. The lowest BCUT2D eigenvalue weighted by Crippen LogP contribution is -2.49. The number of nitrogens with two attached hydrogens (primary N) is 1. The van der Waals surface area contributed by atoms with E-state index in [4.69, 9.17) is 5.73 Å². The fourth-order valence-corrected chi connectivity index (χ4v) is 2.34. The van der Waals surface area contributed by atoms with Crippen LogP contribution >= 0.6 is 0 Å². The molecule has 1 aliphatic heterocycles. The average molecular weight is 283 g/mol. The van der Waals surface area contributed by atoms with Gasteiger partial charge >= 0.3 is 0 Å². The summed E-state index contributed by atoms with van der Waals surface area (Å²) in [6, 6.07) is -0.549. The summed E-state index contributed by atoms with van der Waals surface area (Å²) in [4.78, 5) is 25.6. The predicted molar refractivity (Wildman–Crippen MR) is 80.0 cm³/mol. The normalized spacial score (nSPS) is 19.8. The Morgan fingerprint density at radius 1 is 1.30 bits per heavy atom. The van der Waals surface area contributed by atoms with E-state index in [0.717, 1.165) is 32.4 Å². The van der Waals surface area contributed by atoms with Crippen LogP contribution in [0.2, 0.25) is 0 Å². The van der Waals surface area contributed by atoms with Crippen molar-refractivity contribution in [1.29, 1.82) is 0 Å². The molecule has 1 aliphatic rings. The molecule has 0 aliphatic carbocycles. The molecule has 0 aromatic carbocycles. The third kappa shape index (κ3) is 4.47. The molecule has 1 fully saturated rings. The number of hydrogen-bond donors (Lipinski definition) is 2. The minimum Gasteiger partial charge on any atom is -0.346 e. The molecule has 5 heteroatoms. The lowest BCUT2D eigenvalue weighted by Gasteiger charge is -2.39. The van der Waals surface area contributed by atoms with E-state index in [1.54, 1.807) is 0 Å². The number of likely N-dealkylation sites (tertiary alicyclic amines) is 1. The summed E-state index contributed by atoms with van der Waals surface area (Å²) in [5, 5.41) is 2.64. The first kappa shape index (κ1) is 17.0. The van der Waals surface area contributed by atoms with Gasteiger partial charge in [-0.15, -0.1) is 0 Å². The molecule has 116 valence electrons. The number of carbonyl (C=O) groups excluding carboxylic acids is 2. The van der Waals surface area contributed by atoms with Crippen LogP contribution in [0.3, 0.4) is 0 Å². The molecular formula is C15H29N3O2. The fourth-order valence-electron chi connectivity index (χ4n) is 2.34. The van der Waals surface area contributed by atoms with Gasteiger partial charge in [-0.25, -0.2) is 0 Å². The van der Waals surface area contributed by atoms with Crippen LogP contribution in [-0.2, 0) is 9.59 Å². The van der Waals surface area contributed by atoms with Gasteiger partial charge in [-0.2, -0.15) is 0 Å². The molecule has 0 bridgehead atoms. The van der Waals surface area contributed by atoms with E-state index in [9.17, 15) is 9.59 Å². The van der Waals surface area contributed by atoms with Crippen molar-refractivity contribution in [2.45, 2.75) is 53.0 Å². The van der Waals surface area contributed by atoms with Gasteiger partial charge in [0.2, 0.25) is 11.8 Å². The number of hydrogen-bond acceptors (Lipinski definition) is 3. The van der Waals surface area contributed by atoms with Crippen molar-refractivity contribution in [3.05, 3.63) is 0 Å². The second-order valence-electron chi connectivity index (χ2n) is 6.53. The number of rotatable bonds is 5. The minimum atomic E-state index is -0.549. The van der Waals surface area contributed by atoms with Gasteiger partial charge in [-0.05, 0) is 24.2 Å². The Morgan fingerprint density at radius 3 is 2.30 bits per heavy atom. The molecule has 1 saturated heterocycles. The Kier molecular flexibility index (Phi) is 5.99. The molecule has 0 saturated carbocycles. The largest absolute Gasteiger partial charge is 0.346 e. The van der Waals surface area contributed by atoms with Crippen LogP contribution < -0.4 is 11.1 Å². The highest BCUT2D eigenvalue weighted by molar-refractivity contribution is 5.87. The standard InChI is InChI=1S/C15H29N3O2/c1-5-15(4)6-8-18(9-7-15)12(19)10-17-14(20)13(16)11(2)3/h11,13H,5-10,16H2,1-4H3,(H,17,20)/t13-/m0/s1. The van der Waals surface area contributed by atoms with E-state index in [-0.39, 0.29) is 24.3 Å². The van der Waals surface area contributed by atoms with Crippen molar-refractivity contribution < 1.29 is 9.59 Å². The summed E-state index contributed by atoms with van der Waals surface area (Å²) in [5.41, 5.74) is 6.10. The smallest absolute Gasteiger partial charge is 0.241 e. The van der Waals surface area contributed by atoms with Crippen LogP contribution in [0.5, 0.6) is 0 Å². The number of nitrogens with zero attached hydrogens (tertiary/aromatic N) is 1. The molecule has 0 spiro atoms. The molecule has 2 amide bonds. The Morgan fingerprint density at radius 2 is 1.85 bits per heavy atom. The first-order valence-electron chi connectivity index (χ1n) is 7.60. The highest BCUT2D eigenvalue weighted by Crippen LogP contribution is 2.33. The SMILES string of the molecule is CCC1(C)CCN(C(=O)CNC(=O)[C@@H](N)C(C)C)CC1. The van der Waals surface area contributed by atoms with E-state index in [2.05, 4.69) is 19.2 Å². The number of piperidine rings is 1. The van der Waals surface area contributed by atoms with Gasteiger partial charge in [-0.3, -0.25) is 9.59 Å². The zero-order valence-corrected chi connectivity index (χ0v) is 13.2. The average Bonchev–Trinajstić information content (AvgIpc) is 2.44. The third-order valence-electron chi connectivity index (χ3n) is 4.61. The number of carbonyl (C=O) groups is 2. The zero-order chi connectivity index (χ0) is 15.3. The number of nitrogens with one attached hydrogen (secondary N) is 1. The summed E-state index contributed by atoms with van der Waals surface area (Å²) in [6.07, 6.45) is 3.22. The summed E-state index contributed by atoms with van der Waals surface area (Å²) in [5.74, 6) is -0.179. The van der Waals surface area contributed by atoms with Crippen LogP contribution in [0.1, 0.15) is 47.0 Å². The molecule has 1 atom stereocenters. The minimum absolute atomic E-state index is 0.00698. The highest BCUT2D eigenvalue weighted by atomic mass is 16.2. The molecule has 0 radical (unpaired) electrons. The van der Waals surface area contributed by atoms with E-state index in [1.165, 1.54) is 0 Å². The van der Waals surface area contributed by atoms with Gasteiger partial charge in [0.1, 0.15) is 0 Å². The molecule has 5 nitrogen and oxygen atoms in total. The van der Waals surface area contributed by atoms with Gasteiger partial charge in [0.25, 0.3) is 0 Å². The summed E-state index contributed by atoms with van der Waals surface area (Å²) < 4.78 is 0. The Labute approximate surface area is 122 Å². The summed E-state index contributed by atoms with van der Waals surface area (Å²) >= 11 is 0. The lowest BCUT2D eigenvalue weighted by atomic mass is 9.78. The van der Waals surface area contributed by atoms with Crippen molar-refractivity contribution >= 4 is 11.8 Å². The van der Waals surface area contributed by atoms with E-state index in [0.29, 0.717) is 5.41 Å². The second-order valence-corrected chi connectivity index (χ2v) is 6.53. The molecule has 20 heavy (non-hydrogen) atoms. The van der Waals surface area contributed by atoms with Crippen molar-refractivity contribution in [2.75, 3.05) is 19.6 Å². The van der Waals surface area contributed by atoms with Crippen molar-refractivity contribution in [3.8, 4) is 0 Å². The van der Waals surface area contributed by atoms with Crippen LogP contribution in [0.15, 0.2) is 0 Å². The topological polar surface area (TPSA) is 75.4 Å². The quantitative estimate of drug-likeness (QED) is 0.794. The Bertz CT molecular complexity index is 347. The van der Waals surface area contributed by atoms with Gasteiger partial charge in [0.05, 0.1) is 12.6 Å². The first-order valence-corrected chi connectivity index (χ1v) is 7.60. The Hall–Kier alpha value is -1.10. The van der Waals surface area contributed by atoms with Crippen LogP contribution in [-0.4, -0.2) is 42.4 Å². The van der Waals surface area contributed by atoms with Crippen LogP contribution in [0.4, 0.5) is 0 Å². The molecule has 0 aromatic rings. The van der Waals surface area contributed by atoms with E-state index >= 15 is 0 Å². The van der Waals surface area contributed by atoms with E-state index < -0.39 is 6.04 Å². The summed E-state index contributed by atoms with van der Waals surface area (Å²) in [6.45, 7) is 9.89. The van der Waals surface area contributed by atoms with Gasteiger partial charge < -0.3 is 16.0 Å². The van der Waals surface area contributed by atoms with Crippen molar-refractivity contribution in [2.24, 2.45) is 17.1 Å². The van der Waals surface area contributed by atoms with Gasteiger partial charge in [0.15, 0.2) is 0 Å². The molecule has 0 unspecified atom stereocenters. The predicted octanol–water partition coefficient (Wildman–Crippen LogP) is 1.12. The molecule has 1 heterocycles. The highest BCUT2D eigenvalue weighted by Gasteiger charge is 2.30. The van der Waals surface area contributed by atoms with Crippen LogP contribution in [0.25, 0.3) is 0 Å². The zero-order valence-electron chi connectivity index (χ0n) is 13.2. The molecular weight excluding hydrogens is 254 g/mol.